The summed E-state index contributed by atoms with van der Waals surface area (Å²) in [6.45, 7) is 6.84. The van der Waals surface area contributed by atoms with Gasteiger partial charge in [-0.1, -0.05) is 6.07 Å². The minimum absolute atomic E-state index is 0.0353. The molecule has 5 rings (SSSR count). The molecule has 8 nitrogen and oxygen atoms in total. The van der Waals surface area contributed by atoms with E-state index in [0.29, 0.717) is 24.1 Å². The van der Waals surface area contributed by atoms with Gasteiger partial charge in [-0.3, -0.25) is 14.4 Å². The van der Waals surface area contributed by atoms with Crippen molar-refractivity contribution in [1.29, 1.82) is 0 Å². The summed E-state index contributed by atoms with van der Waals surface area (Å²) in [5, 5.41) is 2.92. The van der Waals surface area contributed by atoms with Gasteiger partial charge in [0, 0.05) is 56.3 Å². The minimum atomic E-state index is -0.325. The highest BCUT2D eigenvalue weighted by Gasteiger charge is 2.36. The van der Waals surface area contributed by atoms with E-state index < -0.39 is 0 Å². The van der Waals surface area contributed by atoms with Gasteiger partial charge in [0.2, 0.25) is 11.8 Å². The molecule has 0 saturated carbocycles. The van der Waals surface area contributed by atoms with Crippen molar-refractivity contribution < 1.29 is 9.59 Å². The highest BCUT2D eigenvalue weighted by molar-refractivity contribution is 5.97. The van der Waals surface area contributed by atoms with Gasteiger partial charge in [0.1, 0.15) is 5.82 Å². The van der Waals surface area contributed by atoms with Crippen LogP contribution in [0.25, 0.3) is 0 Å². The molecule has 0 radical (unpaired) electrons. The van der Waals surface area contributed by atoms with Gasteiger partial charge in [-0.15, -0.1) is 0 Å². The summed E-state index contributed by atoms with van der Waals surface area (Å²) in [5.41, 5.74) is 1.84. The number of pyridine rings is 2. The fraction of sp³-hybridized carbons (Fsp3) is 0.500. The Morgan fingerprint density at radius 2 is 1.94 bits per heavy atom. The third-order valence-corrected chi connectivity index (χ3v) is 6.97. The maximum Gasteiger partial charge on any atom is 0.250 e. The Morgan fingerprint density at radius 3 is 2.66 bits per heavy atom. The van der Waals surface area contributed by atoms with E-state index in [1.54, 1.807) is 17.2 Å². The second-order valence-corrected chi connectivity index (χ2v) is 9.54. The summed E-state index contributed by atoms with van der Waals surface area (Å²) in [7, 11) is 0. The van der Waals surface area contributed by atoms with Crippen molar-refractivity contribution in [1.82, 2.24) is 14.5 Å². The predicted octanol–water partition coefficient (Wildman–Crippen LogP) is 2.06. The van der Waals surface area contributed by atoms with Crippen LogP contribution in [0, 0.1) is 11.8 Å². The smallest absolute Gasteiger partial charge is 0.250 e. The van der Waals surface area contributed by atoms with Gasteiger partial charge in [0.25, 0.3) is 5.56 Å². The lowest BCUT2D eigenvalue weighted by molar-refractivity contribution is -0.129. The van der Waals surface area contributed by atoms with Gasteiger partial charge in [0.15, 0.2) is 0 Å². The third kappa shape index (κ3) is 3.78. The molecular weight excluding hydrogens is 406 g/mol. The number of nitrogens with one attached hydrogen (secondary N) is 1. The van der Waals surface area contributed by atoms with Crippen molar-refractivity contribution in [3.63, 3.8) is 0 Å². The fourth-order valence-corrected chi connectivity index (χ4v) is 5.38. The second-order valence-electron chi connectivity index (χ2n) is 9.54. The maximum atomic E-state index is 12.6. The van der Waals surface area contributed by atoms with Crippen LogP contribution >= 0.6 is 0 Å². The standard InChI is InChI=1S/C24H29N5O3/c1-15(2)28-14-18(9-23(28)31)24(32)26-19-6-7-21(25-10-19)27-11-16-8-17(13-27)20-4-3-5-22(30)29(20)12-16/h3-7,10,15-18H,8-9,11-14H2,1-2H3,(H,26,32)/t16-,17+,18+/m1/s1. The average molecular weight is 436 g/mol. The van der Waals surface area contributed by atoms with E-state index >= 15 is 0 Å². The first-order valence-corrected chi connectivity index (χ1v) is 11.4. The lowest BCUT2D eigenvalue weighted by Gasteiger charge is -2.43. The first kappa shape index (κ1) is 20.7. The SMILES string of the molecule is CC(C)N1C[C@@H](C(=O)Nc2ccc(N3C[C@H]4C[C@@H](C3)c3cccc(=O)n3C4)nc2)CC1=O. The summed E-state index contributed by atoms with van der Waals surface area (Å²) in [4.78, 5) is 45.6. The number of amides is 2. The number of likely N-dealkylation sites (tertiary alicyclic amines) is 1. The number of anilines is 2. The maximum absolute atomic E-state index is 12.6. The Bertz CT molecular complexity index is 1090. The summed E-state index contributed by atoms with van der Waals surface area (Å²) >= 11 is 0. The van der Waals surface area contributed by atoms with Crippen LogP contribution < -0.4 is 15.8 Å². The van der Waals surface area contributed by atoms with E-state index in [0.717, 1.165) is 37.6 Å². The molecule has 8 heteroatoms. The van der Waals surface area contributed by atoms with Crippen molar-refractivity contribution in [3.8, 4) is 0 Å². The second kappa shape index (κ2) is 8.07. The van der Waals surface area contributed by atoms with Crippen LogP contribution in [0.15, 0.2) is 41.3 Å². The number of carbonyl (C=O) groups is 2. The average Bonchev–Trinajstić information content (AvgIpc) is 3.17. The van der Waals surface area contributed by atoms with Gasteiger partial charge >= 0.3 is 0 Å². The van der Waals surface area contributed by atoms with E-state index in [4.69, 9.17) is 0 Å². The van der Waals surface area contributed by atoms with Crippen LogP contribution in [-0.4, -0.2) is 51.9 Å². The quantitative estimate of drug-likeness (QED) is 0.794. The molecule has 0 aromatic carbocycles. The molecule has 168 valence electrons. The number of aromatic nitrogens is 2. The molecule has 2 amide bonds. The number of rotatable bonds is 4. The van der Waals surface area contributed by atoms with Crippen LogP contribution in [-0.2, 0) is 16.1 Å². The largest absolute Gasteiger partial charge is 0.356 e. The molecule has 2 fully saturated rings. The summed E-state index contributed by atoms with van der Waals surface area (Å²) < 4.78 is 1.93. The highest BCUT2D eigenvalue weighted by Crippen LogP contribution is 2.36. The van der Waals surface area contributed by atoms with E-state index in [1.165, 1.54) is 0 Å². The molecule has 2 aromatic rings. The number of hydrogen-bond acceptors (Lipinski definition) is 5. The molecule has 3 aliphatic heterocycles. The summed E-state index contributed by atoms with van der Waals surface area (Å²) in [6, 6.07) is 9.47. The summed E-state index contributed by atoms with van der Waals surface area (Å²) in [6.07, 6.45) is 3.05. The van der Waals surface area contributed by atoms with E-state index in [2.05, 4.69) is 21.3 Å². The third-order valence-electron chi connectivity index (χ3n) is 6.97. The molecule has 1 N–H and O–H groups in total. The van der Waals surface area contributed by atoms with Crippen LogP contribution in [0.3, 0.4) is 0 Å². The van der Waals surface area contributed by atoms with Gasteiger partial charge in [-0.2, -0.15) is 0 Å². The fourth-order valence-electron chi connectivity index (χ4n) is 5.38. The lowest BCUT2D eigenvalue weighted by Crippen LogP contribution is -2.47. The highest BCUT2D eigenvalue weighted by atomic mass is 16.2. The molecule has 32 heavy (non-hydrogen) atoms. The van der Waals surface area contributed by atoms with Crippen molar-refractivity contribution in [3.05, 3.63) is 52.6 Å². The summed E-state index contributed by atoms with van der Waals surface area (Å²) in [5.74, 6) is 1.20. The Labute approximate surface area is 187 Å². The number of hydrogen-bond donors (Lipinski definition) is 1. The zero-order chi connectivity index (χ0) is 22.4. The molecule has 2 aromatic heterocycles. The zero-order valence-electron chi connectivity index (χ0n) is 18.5. The van der Waals surface area contributed by atoms with Crippen LogP contribution in [0.2, 0.25) is 0 Å². The molecule has 2 bridgehead atoms. The molecule has 5 heterocycles. The van der Waals surface area contributed by atoms with Crippen LogP contribution in [0.5, 0.6) is 0 Å². The molecule has 2 saturated heterocycles. The number of nitrogens with zero attached hydrogens (tertiary/aromatic N) is 4. The first-order valence-electron chi connectivity index (χ1n) is 11.4. The van der Waals surface area contributed by atoms with Crippen molar-refractivity contribution in [2.24, 2.45) is 11.8 Å². The van der Waals surface area contributed by atoms with Crippen LogP contribution in [0.1, 0.15) is 38.3 Å². The Balaban J connectivity index is 1.24. The Morgan fingerprint density at radius 1 is 1.09 bits per heavy atom. The molecule has 0 unspecified atom stereocenters. The van der Waals surface area contributed by atoms with E-state index in [1.807, 2.05) is 36.6 Å². The Hall–Kier alpha value is -3.16. The first-order chi connectivity index (χ1) is 15.4. The molecular formula is C24H29N5O3. The van der Waals surface area contributed by atoms with Crippen molar-refractivity contribution >= 4 is 23.3 Å². The van der Waals surface area contributed by atoms with Crippen LogP contribution in [0.4, 0.5) is 11.5 Å². The molecule has 0 spiro atoms. The topological polar surface area (TPSA) is 87.5 Å². The zero-order valence-corrected chi connectivity index (χ0v) is 18.5. The van der Waals surface area contributed by atoms with Crippen molar-refractivity contribution in [2.45, 2.75) is 45.2 Å². The normalized spacial score (nSPS) is 24.6. The lowest BCUT2D eigenvalue weighted by atomic mass is 9.83. The van der Waals surface area contributed by atoms with Gasteiger partial charge in [-0.05, 0) is 44.4 Å². The number of carbonyl (C=O) groups excluding carboxylic acids is 2. The van der Waals surface area contributed by atoms with Crippen molar-refractivity contribution in [2.75, 3.05) is 29.9 Å². The Kier molecular flexibility index (Phi) is 5.23. The van der Waals surface area contributed by atoms with E-state index in [9.17, 15) is 14.4 Å². The predicted molar refractivity (Wildman–Crippen MR) is 122 cm³/mol. The number of piperidine rings is 1. The molecule has 0 aliphatic carbocycles. The monoisotopic (exact) mass is 435 g/mol. The van der Waals surface area contributed by atoms with Gasteiger partial charge in [0.05, 0.1) is 17.8 Å². The number of fused-ring (bicyclic) bond motifs is 4. The van der Waals surface area contributed by atoms with Gasteiger partial charge < -0.3 is 19.7 Å². The van der Waals surface area contributed by atoms with E-state index in [-0.39, 0.29) is 35.8 Å². The molecule has 3 atom stereocenters. The minimum Gasteiger partial charge on any atom is -0.356 e. The van der Waals surface area contributed by atoms with Gasteiger partial charge in [-0.25, -0.2) is 4.98 Å². The molecule has 3 aliphatic rings.